The smallest absolute Gasteiger partial charge is 0.127 e. The maximum absolute atomic E-state index is 14.1. The molecule has 4 rings (SSSR count). The predicted molar refractivity (Wildman–Crippen MR) is 97.6 cm³/mol. The van der Waals surface area contributed by atoms with Crippen molar-refractivity contribution in [1.29, 1.82) is 0 Å². The van der Waals surface area contributed by atoms with Crippen LogP contribution in [-0.2, 0) is 0 Å². The number of rotatable bonds is 2. The predicted octanol–water partition coefficient (Wildman–Crippen LogP) is 3.24. The van der Waals surface area contributed by atoms with Gasteiger partial charge in [0.05, 0.1) is 11.9 Å². The van der Waals surface area contributed by atoms with E-state index in [1.54, 1.807) is 12.3 Å². The van der Waals surface area contributed by atoms with E-state index in [2.05, 4.69) is 27.2 Å². The standard InChI is InChI=1S/C18H19FN4.ClH.H2O/c1-11-8-12(18-21-10-17-15(23-18)6-7-20-17)9-16(22-11)13-4-2-3-5-14(13)19;;/h2-7,10-12,16,22H,8-9H2,1H3,(H,21,23);1H;1H2. The van der Waals surface area contributed by atoms with E-state index in [9.17, 15) is 4.39 Å². The molecule has 1 aromatic rings. The Morgan fingerprint density at radius 2 is 1.92 bits per heavy atom. The molecule has 3 aliphatic rings. The monoisotopic (exact) mass is 364 g/mol. The number of hydrogen-bond donors (Lipinski definition) is 2. The van der Waals surface area contributed by atoms with Crippen LogP contribution in [0.4, 0.5) is 4.39 Å². The Balaban J connectivity index is 0.00000113. The summed E-state index contributed by atoms with van der Waals surface area (Å²) in [6, 6.07) is 9.28. The first-order valence-electron chi connectivity index (χ1n) is 8.01. The van der Waals surface area contributed by atoms with Crippen molar-refractivity contribution >= 4 is 12.4 Å². The third-order valence-electron chi connectivity index (χ3n) is 4.63. The van der Waals surface area contributed by atoms with Crippen molar-refractivity contribution in [3.63, 3.8) is 0 Å². The van der Waals surface area contributed by atoms with Crippen molar-refractivity contribution in [3.05, 3.63) is 59.9 Å². The lowest BCUT2D eigenvalue weighted by molar-refractivity contribution is 0.294. The lowest BCUT2D eigenvalue weighted by Gasteiger charge is -2.34. The zero-order valence-electron chi connectivity index (χ0n) is 13.9. The number of fused-ring (bicyclic) bond motifs is 1. The Morgan fingerprint density at radius 1 is 1.12 bits per heavy atom. The molecule has 3 heterocycles. The lowest BCUT2D eigenvalue weighted by Crippen LogP contribution is -2.38. The number of piperidine rings is 1. The van der Waals surface area contributed by atoms with Gasteiger partial charge in [0, 0.05) is 29.8 Å². The Hall–Kier alpha value is -2.02. The second kappa shape index (κ2) is 7.91. The van der Waals surface area contributed by atoms with Crippen LogP contribution in [0.2, 0.25) is 0 Å². The fraction of sp³-hybridized carbons (Fsp3) is 0.333. The molecular weight excluding hydrogens is 343 g/mol. The van der Waals surface area contributed by atoms with Gasteiger partial charge in [-0.2, -0.15) is 0 Å². The molecule has 7 heteroatoms. The number of halogens is 2. The van der Waals surface area contributed by atoms with Gasteiger partial charge < -0.3 is 15.8 Å². The van der Waals surface area contributed by atoms with Gasteiger partial charge in [0.1, 0.15) is 17.3 Å². The van der Waals surface area contributed by atoms with Crippen LogP contribution in [0.25, 0.3) is 11.4 Å². The Labute approximate surface area is 152 Å². The summed E-state index contributed by atoms with van der Waals surface area (Å²) in [5, 5.41) is 3.51. The zero-order valence-corrected chi connectivity index (χ0v) is 14.7. The second-order valence-electron chi connectivity index (χ2n) is 6.32. The molecule has 5 nitrogen and oxygen atoms in total. The van der Waals surface area contributed by atoms with Crippen molar-refractivity contribution in [3.8, 4) is 11.4 Å². The summed E-state index contributed by atoms with van der Waals surface area (Å²) < 4.78 is 14.1. The topological polar surface area (TPSA) is 85.1 Å². The van der Waals surface area contributed by atoms with E-state index in [4.69, 9.17) is 0 Å². The van der Waals surface area contributed by atoms with Gasteiger partial charge in [0.25, 0.3) is 0 Å². The first kappa shape index (κ1) is 19.3. The molecule has 0 amide bonds. The molecule has 0 saturated carbocycles. The van der Waals surface area contributed by atoms with Crippen LogP contribution in [0.3, 0.4) is 0 Å². The number of H-pyrrole nitrogens is 1. The molecule has 25 heavy (non-hydrogen) atoms. The van der Waals surface area contributed by atoms with Crippen LogP contribution >= 0.6 is 12.4 Å². The number of benzene rings is 1. The van der Waals surface area contributed by atoms with Gasteiger partial charge in [-0.3, -0.25) is 4.98 Å². The summed E-state index contributed by atoms with van der Waals surface area (Å²) in [7, 11) is 0. The maximum Gasteiger partial charge on any atom is 0.127 e. The molecule has 0 bridgehead atoms. The molecule has 0 aliphatic carbocycles. The highest BCUT2D eigenvalue weighted by Crippen LogP contribution is 2.36. The summed E-state index contributed by atoms with van der Waals surface area (Å²) in [6.07, 6.45) is 5.40. The van der Waals surface area contributed by atoms with Crippen LogP contribution in [0.5, 0.6) is 0 Å². The van der Waals surface area contributed by atoms with Crippen molar-refractivity contribution in [2.75, 3.05) is 0 Å². The molecule has 0 radical (unpaired) electrons. The SMILES string of the molecule is CC1CC(c2ncc3nccc-3[nH]2)CC(c2ccccc2F)N1.Cl.O. The maximum atomic E-state index is 14.1. The summed E-state index contributed by atoms with van der Waals surface area (Å²) in [4.78, 5) is 12.2. The third-order valence-corrected chi connectivity index (χ3v) is 4.63. The molecule has 134 valence electrons. The van der Waals surface area contributed by atoms with E-state index in [-0.39, 0.29) is 35.7 Å². The average Bonchev–Trinajstić information content (AvgIpc) is 3.02. The number of hydrogen-bond acceptors (Lipinski definition) is 3. The molecular formula is C18H22ClFN4O. The number of nitrogens with zero attached hydrogens (tertiary/aromatic N) is 2. The van der Waals surface area contributed by atoms with Gasteiger partial charge in [0.2, 0.25) is 0 Å². The summed E-state index contributed by atoms with van der Waals surface area (Å²) in [5.41, 5.74) is 2.62. The Kier molecular flexibility index (Phi) is 6.11. The van der Waals surface area contributed by atoms with Gasteiger partial charge in [0.15, 0.2) is 0 Å². The number of nitrogens with one attached hydrogen (secondary N) is 2. The fourth-order valence-electron chi connectivity index (χ4n) is 3.55. The van der Waals surface area contributed by atoms with Gasteiger partial charge >= 0.3 is 0 Å². The average molecular weight is 365 g/mol. The highest BCUT2D eigenvalue weighted by molar-refractivity contribution is 5.85. The van der Waals surface area contributed by atoms with Crippen molar-refractivity contribution in [2.24, 2.45) is 0 Å². The normalized spacial score (nSPS) is 22.9. The molecule has 0 spiro atoms. The van der Waals surface area contributed by atoms with E-state index in [0.717, 1.165) is 35.6 Å². The van der Waals surface area contributed by atoms with E-state index in [0.29, 0.717) is 6.04 Å². The van der Waals surface area contributed by atoms with E-state index < -0.39 is 0 Å². The third kappa shape index (κ3) is 3.81. The lowest BCUT2D eigenvalue weighted by atomic mass is 9.84. The Bertz CT molecular complexity index is 796. The van der Waals surface area contributed by atoms with Gasteiger partial charge in [-0.05, 0) is 31.9 Å². The zero-order chi connectivity index (χ0) is 15.8. The minimum absolute atomic E-state index is 0. The Morgan fingerprint density at radius 3 is 2.72 bits per heavy atom. The minimum atomic E-state index is -0.148. The van der Waals surface area contributed by atoms with Crippen LogP contribution in [0, 0.1) is 5.82 Å². The van der Waals surface area contributed by atoms with Crippen LogP contribution in [0.15, 0.2) is 42.7 Å². The van der Waals surface area contributed by atoms with Crippen LogP contribution in [-0.4, -0.2) is 26.5 Å². The molecule has 1 fully saturated rings. The summed E-state index contributed by atoms with van der Waals surface area (Å²) in [6.45, 7) is 2.14. The summed E-state index contributed by atoms with van der Waals surface area (Å²) in [5.74, 6) is 1.08. The molecule has 4 N–H and O–H groups in total. The first-order chi connectivity index (χ1) is 11.2. The summed E-state index contributed by atoms with van der Waals surface area (Å²) >= 11 is 0. The quantitative estimate of drug-likeness (QED) is 0.732. The van der Waals surface area contributed by atoms with E-state index >= 15 is 0 Å². The molecule has 3 unspecified atom stereocenters. The highest BCUT2D eigenvalue weighted by atomic mass is 35.5. The van der Waals surface area contributed by atoms with Crippen molar-refractivity contribution < 1.29 is 9.87 Å². The minimum Gasteiger partial charge on any atom is -0.412 e. The van der Waals surface area contributed by atoms with E-state index in [1.165, 1.54) is 6.07 Å². The highest BCUT2D eigenvalue weighted by Gasteiger charge is 2.30. The van der Waals surface area contributed by atoms with Gasteiger partial charge in [-0.1, -0.05) is 18.2 Å². The first-order valence-corrected chi connectivity index (χ1v) is 8.01. The number of aromatic amines is 1. The largest absolute Gasteiger partial charge is 0.412 e. The molecule has 3 atom stereocenters. The van der Waals surface area contributed by atoms with Crippen LogP contribution in [0.1, 0.15) is 43.1 Å². The molecule has 1 saturated heterocycles. The second-order valence-corrected chi connectivity index (χ2v) is 6.32. The van der Waals surface area contributed by atoms with Crippen molar-refractivity contribution in [2.45, 2.75) is 37.8 Å². The number of aromatic nitrogens is 3. The molecule has 1 aromatic carbocycles. The van der Waals surface area contributed by atoms with Gasteiger partial charge in [-0.25, -0.2) is 9.37 Å². The van der Waals surface area contributed by atoms with Crippen LogP contribution < -0.4 is 5.32 Å². The molecule has 0 aromatic heterocycles. The van der Waals surface area contributed by atoms with Crippen molar-refractivity contribution in [1.82, 2.24) is 20.3 Å². The fourth-order valence-corrected chi connectivity index (χ4v) is 3.55. The molecule has 3 aliphatic heterocycles. The van der Waals surface area contributed by atoms with E-state index in [1.807, 2.05) is 24.4 Å². The van der Waals surface area contributed by atoms with Gasteiger partial charge in [-0.15, -0.1) is 12.4 Å².